The molecule has 586 valence electrons. The molecule has 100 heavy (non-hydrogen) atoms. The molecule has 0 aromatic carbocycles. The summed E-state index contributed by atoms with van der Waals surface area (Å²) in [5.41, 5.74) is 0. The average Bonchev–Trinajstić information content (AvgIpc) is 0.762. The highest BCUT2D eigenvalue weighted by molar-refractivity contribution is 7.47. The Balaban J connectivity index is 1.72. The summed E-state index contributed by atoms with van der Waals surface area (Å²) in [5.74, 6) is -2.01. The van der Waals surface area contributed by atoms with E-state index in [4.69, 9.17) is 42.2 Å². The number of hydrogen-bond donors (Lipinski definition) is 11. The summed E-state index contributed by atoms with van der Waals surface area (Å²) in [7, 11) is -5.70. The van der Waals surface area contributed by atoms with Gasteiger partial charge in [-0.25, -0.2) is 4.57 Å². The molecule has 3 aliphatic rings. The Morgan fingerprint density at radius 1 is 0.380 bits per heavy atom. The Bertz CT molecular complexity index is 2160. The van der Waals surface area contributed by atoms with Crippen molar-refractivity contribution in [2.75, 3.05) is 26.4 Å². The lowest BCUT2D eigenvalue weighted by Gasteiger charge is -2.49. The number of ether oxygens (including phenoxy) is 7. The molecule has 2 heterocycles. The molecule has 0 spiro atoms. The van der Waals surface area contributed by atoms with Crippen molar-refractivity contribution in [2.24, 2.45) is 0 Å². The lowest BCUT2D eigenvalue weighted by Crippen LogP contribution is -2.69. The van der Waals surface area contributed by atoms with Gasteiger partial charge in [0.05, 0.1) is 13.2 Å². The number of carbonyl (C=O) groups is 3. The van der Waals surface area contributed by atoms with Crippen molar-refractivity contribution < 1.29 is 117 Å². The lowest BCUT2D eigenvalue weighted by molar-refractivity contribution is -0.360. The van der Waals surface area contributed by atoms with Crippen molar-refractivity contribution >= 4 is 25.7 Å². The first-order chi connectivity index (χ1) is 48.3. The summed E-state index contributed by atoms with van der Waals surface area (Å²) in [5, 5.41) is 110. The molecule has 11 N–H and O–H groups in total. The molecular weight excluding hydrogens is 1320 g/mol. The van der Waals surface area contributed by atoms with Gasteiger partial charge in [0.1, 0.15) is 98.7 Å². The van der Waals surface area contributed by atoms with Crippen molar-refractivity contribution in [1.82, 2.24) is 0 Å². The maximum Gasteiger partial charge on any atom is 0.472 e. The maximum absolute atomic E-state index is 14.3. The Hall–Kier alpha value is -2.56. The van der Waals surface area contributed by atoms with Crippen molar-refractivity contribution in [2.45, 2.75) is 407 Å². The summed E-state index contributed by atoms with van der Waals surface area (Å²) in [4.78, 5) is 51.0. The van der Waals surface area contributed by atoms with Crippen molar-refractivity contribution in [3.8, 4) is 0 Å². The minimum atomic E-state index is -5.70. The summed E-state index contributed by atoms with van der Waals surface area (Å²) >= 11 is 0. The zero-order valence-corrected chi connectivity index (χ0v) is 62.1. The van der Waals surface area contributed by atoms with Crippen LogP contribution in [0.3, 0.4) is 0 Å². The highest BCUT2D eigenvalue weighted by Gasteiger charge is 2.58. The molecule has 0 bridgehead atoms. The van der Waals surface area contributed by atoms with Gasteiger partial charge < -0.3 is 89.1 Å². The van der Waals surface area contributed by atoms with Gasteiger partial charge in [-0.2, -0.15) is 0 Å². The fourth-order valence-electron chi connectivity index (χ4n) is 12.8. The Morgan fingerprint density at radius 3 is 1.10 bits per heavy atom. The quantitative estimate of drug-likeness (QED) is 0.00886. The SMILES string of the molecule is CCCCCC/C=C\CCCCCCCCCC(=O)OCC(COP(=O)(O)OC1C(OC2OC(CO)C(O)C(O)C2O)C(O)C(O)C(O)C1OC1OC(COC(=O)CCCCCCCCCCCCCCCCCC)C(O)C(O)C1O)OC(=O)CCCCC/C=C\CCCCCCCCC. The minimum absolute atomic E-state index is 0.0311. The maximum atomic E-state index is 14.3. The smallest absolute Gasteiger partial charge is 0.463 e. The highest BCUT2D eigenvalue weighted by Crippen LogP contribution is 2.49. The first kappa shape index (κ1) is 91.6. The fourth-order valence-corrected chi connectivity index (χ4v) is 13.8. The van der Waals surface area contributed by atoms with E-state index < -0.39 is 156 Å². The summed E-state index contributed by atoms with van der Waals surface area (Å²) < 4.78 is 65.1. The van der Waals surface area contributed by atoms with Crippen LogP contribution in [0.15, 0.2) is 24.3 Å². The second kappa shape index (κ2) is 56.7. The van der Waals surface area contributed by atoms with Gasteiger partial charge in [-0.1, -0.05) is 238 Å². The van der Waals surface area contributed by atoms with Gasteiger partial charge in [-0.15, -0.1) is 0 Å². The summed E-state index contributed by atoms with van der Waals surface area (Å²) in [6.07, 6.45) is 18.0. The van der Waals surface area contributed by atoms with Crippen LogP contribution in [0.1, 0.15) is 303 Å². The Kier molecular flexibility index (Phi) is 52.0. The molecule has 2 aliphatic heterocycles. The van der Waals surface area contributed by atoms with Crippen LogP contribution in [0.4, 0.5) is 0 Å². The predicted molar refractivity (Wildman–Crippen MR) is 379 cm³/mol. The number of rotatable bonds is 61. The molecule has 25 heteroatoms. The molecule has 1 aliphatic carbocycles. The van der Waals surface area contributed by atoms with Crippen LogP contribution in [-0.2, 0) is 61.2 Å². The van der Waals surface area contributed by atoms with Gasteiger partial charge in [-0.3, -0.25) is 23.4 Å². The van der Waals surface area contributed by atoms with Crippen LogP contribution < -0.4 is 0 Å². The molecular formula is C75H137O24P. The number of phosphoric ester groups is 1. The van der Waals surface area contributed by atoms with E-state index in [2.05, 4.69) is 45.1 Å². The van der Waals surface area contributed by atoms with Crippen molar-refractivity contribution in [1.29, 1.82) is 0 Å². The molecule has 0 aromatic heterocycles. The van der Waals surface area contributed by atoms with Gasteiger partial charge in [0.2, 0.25) is 0 Å². The number of esters is 3. The third kappa shape index (κ3) is 39.2. The van der Waals surface area contributed by atoms with E-state index in [0.29, 0.717) is 25.7 Å². The zero-order chi connectivity index (χ0) is 73.2. The molecule has 0 amide bonds. The van der Waals surface area contributed by atoms with E-state index >= 15 is 0 Å². The molecule has 18 unspecified atom stereocenters. The molecule has 3 fully saturated rings. The van der Waals surface area contributed by atoms with E-state index in [0.717, 1.165) is 109 Å². The van der Waals surface area contributed by atoms with Crippen LogP contribution in [-0.4, -0.2) is 204 Å². The van der Waals surface area contributed by atoms with Crippen LogP contribution in [0.25, 0.3) is 0 Å². The molecule has 0 radical (unpaired) electrons. The molecule has 2 saturated heterocycles. The Morgan fingerprint density at radius 2 is 0.700 bits per heavy atom. The second-order valence-electron chi connectivity index (χ2n) is 28.1. The number of unbranched alkanes of at least 4 members (excludes halogenated alkanes) is 36. The van der Waals surface area contributed by atoms with E-state index in [-0.39, 0.29) is 19.3 Å². The van der Waals surface area contributed by atoms with E-state index in [1.165, 1.54) is 128 Å². The van der Waals surface area contributed by atoms with Gasteiger partial charge >= 0.3 is 25.7 Å². The van der Waals surface area contributed by atoms with Gasteiger partial charge in [0, 0.05) is 19.3 Å². The number of hydrogen-bond acceptors (Lipinski definition) is 23. The van der Waals surface area contributed by atoms with Crippen LogP contribution in [0, 0.1) is 0 Å². The van der Waals surface area contributed by atoms with Crippen molar-refractivity contribution in [3.63, 3.8) is 0 Å². The molecule has 0 aromatic rings. The van der Waals surface area contributed by atoms with Gasteiger partial charge in [0.15, 0.2) is 18.7 Å². The Labute approximate surface area is 598 Å². The number of phosphoric acid groups is 1. The first-order valence-electron chi connectivity index (χ1n) is 39.1. The predicted octanol–water partition coefficient (Wildman–Crippen LogP) is 11.3. The zero-order valence-electron chi connectivity index (χ0n) is 61.2. The minimum Gasteiger partial charge on any atom is -0.463 e. The largest absolute Gasteiger partial charge is 0.472 e. The van der Waals surface area contributed by atoms with Crippen LogP contribution in [0.2, 0.25) is 0 Å². The molecule has 18 atom stereocenters. The molecule has 24 nitrogen and oxygen atoms in total. The number of aliphatic hydroxyl groups is 10. The number of carbonyl (C=O) groups excluding carboxylic acids is 3. The lowest BCUT2D eigenvalue weighted by atomic mass is 9.84. The number of aliphatic hydroxyl groups excluding tert-OH is 10. The van der Waals surface area contributed by atoms with E-state index in [1.807, 2.05) is 0 Å². The third-order valence-electron chi connectivity index (χ3n) is 19.2. The van der Waals surface area contributed by atoms with Gasteiger partial charge in [0.25, 0.3) is 0 Å². The average molecular weight is 1450 g/mol. The first-order valence-corrected chi connectivity index (χ1v) is 40.6. The normalized spacial score (nSPS) is 27.4. The standard InChI is InChI=1S/C75H137O24P/c1-4-7-10-13-16-19-22-25-28-30-33-35-38-41-44-47-50-60(78)92-55-58-63(81)65(83)70(88)75(96-58)98-72-68(86)66(84)67(85)71(97-74-69(87)64(82)62(80)57(52-76)95-74)73(72)99-100(89,90)93-54-56(94-61(79)51-48-45-42-39-36-31-27-24-21-18-15-12-9-6-3)53-91-59(77)49-46-43-40-37-34-32-29-26-23-20-17-14-11-8-5-2/h20,23,31,36,56-58,62-76,80-88H,4-19,21-22,24-30,32-35,37-55H2,1-3H3,(H,89,90)/b23-20-,36-31-. The third-order valence-corrected chi connectivity index (χ3v) is 20.2. The van der Waals surface area contributed by atoms with E-state index in [1.54, 1.807) is 0 Å². The molecule has 3 rings (SSSR count). The monoisotopic (exact) mass is 1450 g/mol. The van der Waals surface area contributed by atoms with Gasteiger partial charge in [-0.05, 0) is 70.6 Å². The molecule has 1 saturated carbocycles. The second-order valence-corrected chi connectivity index (χ2v) is 29.5. The topological polar surface area (TPSA) is 374 Å². The van der Waals surface area contributed by atoms with Crippen molar-refractivity contribution in [3.05, 3.63) is 24.3 Å². The van der Waals surface area contributed by atoms with E-state index in [9.17, 15) is 74.9 Å². The highest BCUT2D eigenvalue weighted by atomic mass is 31.2. The number of allylic oxidation sites excluding steroid dienone is 4. The van der Waals surface area contributed by atoms with Crippen LogP contribution >= 0.6 is 7.82 Å². The summed E-state index contributed by atoms with van der Waals surface area (Å²) in [6, 6.07) is 0. The summed E-state index contributed by atoms with van der Waals surface area (Å²) in [6.45, 7) is 3.43. The fraction of sp³-hybridized carbons (Fsp3) is 0.907. The van der Waals surface area contributed by atoms with Crippen LogP contribution in [0.5, 0.6) is 0 Å².